The third-order valence-corrected chi connectivity index (χ3v) is 4.06. The second-order valence-electron chi connectivity index (χ2n) is 6.05. The van der Waals surface area contributed by atoms with Gasteiger partial charge in [0, 0.05) is 23.8 Å². The first-order valence-corrected chi connectivity index (χ1v) is 7.96. The highest BCUT2D eigenvalue weighted by molar-refractivity contribution is 5.95. The Morgan fingerprint density at radius 2 is 1.71 bits per heavy atom. The summed E-state index contributed by atoms with van der Waals surface area (Å²) in [6.45, 7) is 1.95. The van der Waals surface area contributed by atoms with E-state index in [2.05, 4.69) is 5.32 Å². The predicted molar refractivity (Wildman–Crippen MR) is 90.4 cm³/mol. The lowest BCUT2D eigenvalue weighted by Gasteiger charge is -2.23. The molecule has 0 heterocycles. The Bertz CT molecular complexity index is 737. The fraction of sp³-hybridized carbons (Fsp3) is 0.263. The SMILES string of the molecule is CC(=O)c1ccc(NC(=O)N(Cc2ccc(F)cc2)C2CC2)cc1. The zero-order valence-corrected chi connectivity index (χ0v) is 13.5. The number of nitrogens with zero attached hydrogens (tertiary/aromatic N) is 1. The molecule has 1 aliphatic rings. The molecule has 5 heteroatoms. The van der Waals surface area contributed by atoms with Crippen molar-refractivity contribution in [2.24, 2.45) is 0 Å². The number of benzene rings is 2. The Balaban J connectivity index is 1.68. The summed E-state index contributed by atoms with van der Waals surface area (Å²) in [6.07, 6.45) is 1.97. The van der Waals surface area contributed by atoms with E-state index < -0.39 is 0 Å². The number of hydrogen-bond acceptors (Lipinski definition) is 2. The zero-order chi connectivity index (χ0) is 17.1. The van der Waals surface area contributed by atoms with Crippen molar-refractivity contribution < 1.29 is 14.0 Å². The molecule has 2 aromatic carbocycles. The van der Waals surface area contributed by atoms with E-state index in [4.69, 9.17) is 0 Å². The summed E-state index contributed by atoms with van der Waals surface area (Å²) in [5.41, 5.74) is 2.15. The monoisotopic (exact) mass is 326 g/mol. The molecule has 1 fully saturated rings. The maximum Gasteiger partial charge on any atom is 0.322 e. The van der Waals surface area contributed by atoms with Crippen molar-refractivity contribution in [3.05, 3.63) is 65.5 Å². The van der Waals surface area contributed by atoms with Crippen LogP contribution in [0.3, 0.4) is 0 Å². The summed E-state index contributed by atoms with van der Waals surface area (Å²) < 4.78 is 13.0. The lowest BCUT2D eigenvalue weighted by atomic mass is 10.1. The first-order valence-electron chi connectivity index (χ1n) is 7.96. The third-order valence-electron chi connectivity index (χ3n) is 4.06. The van der Waals surface area contributed by atoms with Gasteiger partial charge in [-0.05, 0) is 61.7 Å². The Morgan fingerprint density at radius 3 is 2.25 bits per heavy atom. The van der Waals surface area contributed by atoms with E-state index in [1.165, 1.54) is 19.1 Å². The van der Waals surface area contributed by atoms with E-state index in [-0.39, 0.29) is 23.7 Å². The van der Waals surface area contributed by atoms with Crippen molar-refractivity contribution in [2.45, 2.75) is 32.4 Å². The quantitative estimate of drug-likeness (QED) is 0.836. The number of rotatable bonds is 5. The lowest BCUT2D eigenvalue weighted by molar-refractivity contribution is 0.101. The van der Waals surface area contributed by atoms with Crippen molar-refractivity contribution in [1.82, 2.24) is 4.90 Å². The number of amides is 2. The first-order chi connectivity index (χ1) is 11.5. The van der Waals surface area contributed by atoms with Gasteiger partial charge in [-0.15, -0.1) is 0 Å². The molecule has 2 amide bonds. The average molecular weight is 326 g/mol. The van der Waals surface area contributed by atoms with Gasteiger partial charge in [-0.25, -0.2) is 9.18 Å². The lowest BCUT2D eigenvalue weighted by Crippen LogP contribution is -2.36. The van der Waals surface area contributed by atoms with Crippen LogP contribution < -0.4 is 5.32 Å². The summed E-state index contributed by atoms with van der Waals surface area (Å²) in [7, 11) is 0. The van der Waals surface area contributed by atoms with Crippen molar-refractivity contribution in [3.63, 3.8) is 0 Å². The molecule has 124 valence electrons. The molecule has 0 aliphatic heterocycles. The topological polar surface area (TPSA) is 49.4 Å². The Morgan fingerprint density at radius 1 is 1.08 bits per heavy atom. The van der Waals surface area contributed by atoms with Crippen LogP contribution in [-0.4, -0.2) is 22.8 Å². The van der Waals surface area contributed by atoms with Gasteiger partial charge in [0.1, 0.15) is 5.82 Å². The number of halogens is 1. The van der Waals surface area contributed by atoms with E-state index in [1.807, 2.05) is 0 Å². The van der Waals surface area contributed by atoms with E-state index in [9.17, 15) is 14.0 Å². The summed E-state index contributed by atoms with van der Waals surface area (Å²) in [4.78, 5) is 25.6. The number of urea groups is 1. The van der Waals surface area contributed by atoms with Crippen molar-refractivity contribution in [1.29, 1.82) is 0 Å². The number of carbonyl (C=O) groups is 2. The predicted octanol–water partition coefficient (Wildman–Crippen LogP) is 4.22. The van der Waals surface area contributed by atoms with Crippen LogP contribution in [0.15, 0.2) is 48.5 Å². The number of carbonyl (C=O) groups excluding carboxylic acids is 2. The summed E-state index contributed by atoms with van der Waals surface area (Å²) in [5, 5.41) is 2.86. The molecule has 4 nitrogen and oxygen atoms in total. The van der Waals surface area contributed by atoms with Gasteiger partial charge in [0.05, 0.1) is 0 Å². The molecule has 0 bridgehead atoms. The number of Topliss-reactive ketones (excluding diaryl/α,β-unsaturated/α-hetero) is 1. The zero-order valence-electron chi connectivity index (χ0n) is 13.5. The highest BCUT2D eigenvalue weighted by Crippen LogP contribution is 2.29. The van der Waals surface area contributed by atoms with Gasteiger partial charge in [0.15, 0.2) is 5.78 Å². The average Bonchev–Trinajstić information content (AvgIpc) is 3.39. The van der Waals surface area contributed by atoms with Crippen LogP contribution in [-0.2, 0) is 6.54 Å². The second-order valence-corrected chi connectivity index (χ2v) is 6.05. The molecular weight excluding hydrogens is 307 g/mol. The van der Waals surface area contributed by atoms with Gasteiger partial charge in [0.2, 0.25) is 0 Å². The molecule has 1 N–H and O–H groups in total. The van der Waals surface area contributed by atoms with Gasteiger partial charge in [0.25, 0.3) is 0 Å². The molecule has 0 radical (unpaired) electrons. The molecule has 24 heavy (non-hydrogen) atoms. The second kappa shape index (κ2) is 6.83. The number of ketones is 1. The molecule has 0 aromatic heterocycles. The first kappa shape index (κ1) is 16.2. The van der Waals surface area contributed by atoms with Crippen LogP contribution in [0.1, 0.15) is 35.7 Å². The van der Waals surface area contributed by atoms with Gasteiger partial charge in [-0.3, -0.25) is 4.79 Å². The van der Waals surface area contributed by atoms with Gasteiger partial charge in [-0.1, -0.05) is 12.1 Å². The van der Waals surface area contributed by atoms with Crippen LogP contribution in [0, 0.1) is 5.82 Å². The maximum atomic E-state index is 13.0. The fourth-order valence-corrected chi connectivity index (χ4v) is 2.52. The minimum atomic E-state index is -0.285. The van der Waals surface area contributed by atoms with Crippen molar-refractivity contribution in [2.75, 3.05) is 5.32 Å². The molecule has 3 rings (SSSR count). The molecule has 1 aliphatic carbocycles. The van der Waals surface area contributed by atoms with E-state index >= 15 is 0 Å². The van der Waals surface area contributed by atoms with Crippen LogP contribution in [0.4, 0.5) is 14.9 Å². The van der Waals surface area contributed by atoms with Gasteiger partial charge >= 0.3 is 6.03 Å². The van der Waals surface area contributed by atoms with Crippen LogP contribution in [0.5, 0.6) is 0 Å². The Hall–Kier alpha value is -2.69. The van der Waals surface area contributed by atoms with E-state index in [1.54, 1.807) is 41.3 Å². The fourth-order valence-electron chi connectivity index (χ4n) is 2.52. The van der Waals surface area contributed by atoms with Crippen LogP contribution in [0.25, 0.3) is 0 Å². The van der Waals surface area contributed by atoms with Crippen molar-refractivity contribution in [3.8, 4) is 0 Å². The summed E-state index contributed by atoms with van der Waals surface area (Å²) in [6, 6.07) is 13.1. The maximum absolute atomic E-state index is 13.0. The number of anilines is 1. The Kier molecular flexibility index (Phi) is 4.60. The summed E-state index contributed by atoms with van der Waals surface area (Å²) >= 11 is 0. The molecule has 1 saturated carbocycles. The van der Waals surface area contributed by atoms with E-state index in [0.717, 1.165) is 18.4 Å². The molecule has 0 atom stereocenters. The third kappa shape index (κ3) is 3.98. The highest BCUT2D eigenvalue weighted by atomic mass is 19.1. The molecule has 0 unspecified atom stereocenters. The minimum Gasteiger partial charge on any atom is -0.317 e. The normalized spacial score (nSPS) is 13.4. The molecular formula is C19H19FN2O2. The van der Waals surface area contributed by atoms with Crippen molar-refractivity contribution >= 4 is 17.5 Å². The number of nitrogens with one attached hydrogen (secondary N) is 1. The standard InChI is InChI=1S/C19H19FN2O2/c1-13(23)15-4-8-17(9-5-15)21-19(24)22(18-10-11-18)12-14-2-6-16(20)7-3-14/h2-9,18H,10-12H2,1H3,(H,21,24). The number of hydrogen-bond donors (Lipinski definition) is 1. The van der Waals surface area contributed by atoms with Gasteiger partial charge < -0.3 is 10.2 Å². The minimum absolute atomic E-state index is 0.0104. The van der Waals surface area contributed by atoms with E-state index in [0.29, 0.717) is 17.8 Å². The molecule has 0 saturated heterocycles. The highest BCUT2D eigenvalue weighted by Gasteiger charge is 2.32. The van der Waals surface area contributed by atoms with Crippen LogP contribution >= 0.6 is 0 Å². The summed E-state index contributed by atoms with van der Waals surface area (Å²) in [5.74, 6) is -0.296. The Labute approximate surface area is 140 Å². The van der Waals surface area contributed by atoms with Gasteiger partial charge in [-0.2, -0.15) is 0 Å². The largest absolute Gasteiger partial charge is 0.322 e. The molecule has 0 spiro atoms. The smallest absolute Gasteiger partial charge is 0.317 e. The molecule has 2 aromatic rings. The van der Waals surface area contributed by atoms with Crippen LogP contribution in [0.2, 0.25) is 0 Å².